The van der Waals surface area contributed by atoms with Crippen molar-refractivity contribution in [1.82, 2.24) is 19.6 Å². The maximum absolute atomic E-state index is 10.8. The van der Waals surface area contributed by atoms with Gasteiger partial charge in [0.05, 0.1) is 13.3 Å². The van der Waals surface area contributed by atoms with E-state index in [2.05, 4.69) is 47.5 Å². The topological polar surface area (TPSA) is 135 Å². The lowest BCUT2D eigenvalue weighted by Gasteiger charge is -2.14. The van der Waals surface area contributed by atoms with Gasteiger partial charge >= 0.3 is 11.0 Å². The molecule has 2 fully saturated rings. The second kappa shape index (κ2) is 23.5. The minimum Gasteiger partial charge on any atom is -0.294 e. The van der Waals surface area contributed by atoms with Crippen LogP contribution >= 0.6 is 0 Å². The van der Waals surface area contributed by atoms with Gasteiger partial charge in [-0.25, -0.2) is 18.0 Å². The molecule has 0 bridgehead atoms. The minimum atomic E-state index is -5.34. The zero-order valence-electron chi connectivity index (χ0n) is 26.7. The smallest absolute Gasteiger partial charge is 0.294 e. The number of alkyl halides is 6. The number of likely N-dealkylation sites (N-methyl/N-ethyl adjacent to an activating group) is 2. The highest BCUT2D eigenvalue weighted by Crippen LogP contribution is 2.22. The van der Waals surface area contributed by atoms with E-state index in [1.54, 1.807) is 0 Å². The van der Waals surface area contributed by atoms with Gasteiger partial charge in [0.1, 0.15) is 0 Å². The van der Waals surface area contributed by atoms with E-state index in [-0.39, 0.29) is 0 Å². The molecule has 4 N–H and O–H groups in total. The molecule has 268 valence electrons. The van der Waals surface area contributed by atoms with E-state index in [1.807, 2.05) is 0 Å². The number of halogens is 6. The van der Waals surface area contributed by atoms with Gasteiger partial charge in [-0.2, -0.15) is 26.3 Å². The maximum Gasteiger partial charge on any atom is 0.503 e. The lowest BCUT2D eigenvalue weighted by Crippen LogP contribution is -2.24. The lowest BCUT2D eigenvalue weighted by molar-refractivity contribution is -0.0479. The number of rotatable bonds is 14. The molecule has 0 radical (unpaired) electrons. The van der Waals surface area contributed by atoms with E-state index in [0.717, 1.165) is 0 Å². The molecular formula is C26H56F6N6O4S2. The summed E-state index contributed by atoms with van der Waals surface area (Å²) in [5, 5.41) is 0. The van der Waals surface area contributed by atoms with Crippen molar-refractivity contribution in [3.63, 3.8) is 0 Å². The number of hydrogen-bond acceptors (Lipinski definition) is 8. The van der Waals surface area contributed by atoms with Crippen LogP contribution in [0, 0.1) is 9.56 Å². The fourth-order valence-electron chi connectivity index (χ4n) is 4.19. The molecule has 0 aromatic heterocycles. The first-order chi connectivity index (χ1) is 20.2. The normalized spacial score (nSPS) is 19.5. The molecule has 2 unspecified atom stereocenters. The number of hydrogen-bond donors (Lipinski definition) is 4. The van der Waals surface area contributed by atoms with Gasteiger partial charge in [0.15, 0.2) is 0 Å². The molecule has 2 atom stereocenters. The van der Waals surface area contributed by atoms with Crippen LogP contribution < -0.4 is 0 Å². The molecule has 2 aliphatic heterocycles. The summed E-state index contributed by atoms with van der Waals surface area (Å²) in [4.78, 5) is 9.94. The maximum atomic E-state index is 10.8. The lowest BCUT2D eigenvalue weighted by atomic mass is 10.1. The first-order valence-electron chi connectivity index (χ1n) is 15.1. The van der Waals surface area contributed by atoms with Crippen molar-refractivity contribution < 1.29 is 43.9 Å². The zero-order valence-corrected chi connectivity index (χ0v) is 28.4. The Hall–Kier alpha value is -0.760. The van der Waals surface area contributed by atoms with E-state index in [9.17, 15) is 34.8 Å². The quantitative estimate of drug-likeness (QED) is 0.111. The second-order valence-electron chi connectivity index (χ2n) is 11.2. The highest BCUT2D eigenvalue weighted by Gasteiger charge is 2.41. The molecule has 0 spiro atoms. The largest absolute Gasteiger partial charge is 0.503 e. The Bertz CT molecular complexity index is 851. The van der Waals surface area contributed by atoms with Crippen LogP contribution in [-0.2, 0) is 20.0 Å². The Morgan fingerprint density at radius 2 is 0.818 bits per heavy atom. The van der Waals surface area contributed by atoms with E-state index < -0.39 is 31.0 Å². The molecule has 2 rings (SSSR count). The number of nitrogens with one attached hydrogen (secondary N) is 2. The SMILES string of the molecule is CCCCCCCCN1CCN(C)C1.CCCCCCCCN1CCN(C)C1.N=S(=O)(O)C(F)(F)F.N=S(=O)(O)C(F)(F)F. The average Bonchev–Trinajstić information content (AvgIpc) is 3.49. The average molecular weight is 695 g/mol. The third kappa shape index (κ3) is 25.4. The Morgan fingerprint density at radius 3 is 1.02 bits per heavy atom. The van der Waals surface area contributed by atoms with Crippen LogP contribution in [0.25, 0.3) is 0 Å². The number of unbranched alkanes of at least 4 members (excludes halogenated alkanes) is 10. The van der Waals surface area contributed by atoms with Gasteiger partial charge in [0.25, 0.3) is 20.0 Å². The van der Waals surface area contributed by atoms with Gasteiger partial charge < -0.3 is 0 Å². The molecule has 44 heavy (non-hydrogen) atoms. The first-order valence-corrected chi connectivity index (χ1v) is 18.1. The van der Waals surface area contributed by atoms with Crippen molar-refractivity contribution in [3.05, 3.63) is 0 Å². The van der Waals surface area contributed by atoms with Crippen LogP contribution in [0.2, 0.25) is 0 Å². The summed E-state index contributed by atoms with van der Waals surface area (Å²) in [6.45, 7) is 14.7. The Kier molecular flexibility index (Phi) is 24.3. The van der Waals surface area contributed by atoms with Crippen LogP contribution in [0.4, 0.5) is 26.3 Å². The molecule has 0 saturated carbocycles. The minimum absolute atomic E-state index is 1.19. The summed E-state index contributed by atoms with van der Waals surface area (Å²) in [6, 6.07) is 0. The Balaban J connectivity index is 0. The van der Waals surface area contributed by atoms with E-state index >= 15 is 0 Å². The third-order valence-corrected chi connectivity index (χ3v) is 8.02. The van der Waals surface area contributed by atoms with Crippen LogP contribution in [0.5, 0.6) is 0 Å². The van der Waals surface area contributed by atoms with E-state index in [4.69, 9.17) is 18.7 Å². The summed E-state index contributed by atoms with van der Waals surface area (Å²) >= 11 is 0. The summed E-state index contributed by atoms with van der Waals surface area (Å²) in [6.07, 6.45) is 17.0. The second-order valence-corrected chi connectivity index (χ2v) is 14.2. The highest BCUT2D eigenvalue weighted by atomic mass is 32.2. The van der Waals surface area contributed by atoms with Crippen molar-refractivity contribution in [2.24, 2.45) is 0 Å². The zero-order chi connectivity index (χ0) is 34.5. The van der Waals surface area contributed by atoms with Gasteiger partial charge in [-0.15, -0.1) is 0 Å². The summed E-state index contributed by atoms with van der Waals surface area (Å²) in [7, 11) is -6.26. The molecule has 0 aromatic rings. The molecule has 18 heteroatoms. The van der Waals surface area contributed by atoms with Crippen LogP contribution in [0.15, 0.2) is 0 Å². The van der Waals surface area contributed by atoms with Gasteiger partial charge in [0, 0.05) is 26.2 Å². The monoisotopic (exact) mass is 694 g/mol. The predicted molar refractivity (Wildman–Crippen MR) is 164 cm³/mol. The molecule has 0 amide bonds. The fraction of sp³-hybridized carbons (Fsp3) is 1.00. The number of nitrogens with zero attached hydrogens (tertiary/aromatic N) is 4. The van der Waals surface area contributed by atoms with Crippen LogP contribution in [0.3, 0.4) is 0 Å². The third-order valence-electron chi connectivity index (χ3n) is 6.76. The van der Waals surface area contributed by atoms with Gasteiger partial charge in [-0.1, -0.05) is 78.1 Å². The standard InChI is InChI=1S/2C12H26N2.2CH2F3NO2S/c2*1-3-4-5-6-7-8-9-14-11-10-13(2)12-14;2*2-1(3,4)8(5,6)7/h2*3-12H2,1-2H3;2*(H2,5,6,7). The van der Waals surface area contributed by atoms with Crippen molar-refractivity contribution >= 4 is 20.0 Å². The molecular weight excluding hydrogens is 638 g/mol. The van der Waals surface area contributed by atoms with Gasteiger partial charge in [-0.05, 0) is 40.0 Å². The van der Waals surface area contributed by atoms with Crippen molar-refractivity contribution in [2.75, 3.05) is 66.7 Å². The summed E-state index contributed by atoms with van der Waals surface area (Å²) in [5.41, 5.74) is -10.6. The van der Waals surface area contributed by atoms with E-state index in [1.165, 1.54) is 130 Å². The Morgan fingerprint density at radius 1 is 0.568 bits per heavy atom. The van der Waals surface area contributed by atoms with Crippen molar-refractivity contribution in [1.29, 1.82) is 9.56 Å². The van der Waals surface area contributed by atoms with Crippen molar-refractivity contribution in [2.45, 2.75) is 102 Å². The molecule has 10 nitrogen and oxygen atoms in total. The van der Waals surface area contributed by atoms with E-state index in [0.29, 0.717) is 0 Å². The summed E-state index contributed by atoms with van der Waals surface area (Å²) in [5.74, 6) is 0. The first kappa shape index (κ1) is 45.4. The van der Waals surface area contributed by atoms with Gasteiger partial charge in [-0.3, -0.25) is 28.7 Å². The fourth-order valence-corrected chi connectivity index (χ4v) is 4.19. The molecule has 2 aliphatic rings. The summed E-state index contributed by atoms with van der Waals surface area (Å²) < 4.78 is 110. The van der Waals surface area contributed by atoms with Crippen molar-refractivity contribution in [3.8, 4) is 0 Å². The molecule has 0 aliphatic carbocycles. The van der Waals surface area contributed by atoms with Crippen LogP contribution in [0.1, 0.15) is 90.9 Å². The van der Waals surface area contributed by atoms with Gasteiger partial charge in [0.2, 0.25) is 0 Å². The molecule has 2 heterocycles. The predicted octanol–water partition coefficient (Wildman–Crippen LogP) is 7.16. The molecule has 0 aromatic carbocycles. The van der Waals surface area contributed by atoms with Crippen LogP contribution in [-0.4, -0.2) is 115 Å². The molecule has 2 saturated heterocycles. The highest BCUT2D eigenvalue weighted by molar-refractivity contribution is 7.88. The Labute approximate surface area is 261 Å².